The minimum atomic E-state index is -0.211. The number of benzene rings is 1. The Labute approximate surface area is 155 Å². The average Bonchev–Trinajstić information content (AvgIpc) is 3.20. The third kappa shape index (κ3) is 4.22. The zero-order valence-electron chi connectivity index (χ0n) is 15.3. The molecule has 2 aliphatic rings. The maximum Gasteiger partial charge on any atom is 0.225 e. The molecule has 2 aromatic rings. The van der Waals surface area contributed by atoms with E-state index in [-0.39, 0.29) is 12.0 Å². The number of aliphatic hydroxyl groups is 1. The van der Waals surface area contributed by atoms with Crippen molar-refractivity contribution in [3.8, 4) is 0 Å². The highest BCUT2D eigenvalue weighted by Crippen LogP contribution is 2.23. The third-order valence-corrected chi connectivity index (χ3v) is 5.59. The number of hydrogen-bond donors (Lipinski definition) is 1. The molecule has 26 heavy (non-hydrogen) atoms. The van der Waals surface area contributed by atoms with Crippen LogP contribution in [0.4, 0.5) is 5.95 Å². The summed E-state index contributed by atoms with van der Waals surface area (Å²) >= 11 is 0. The zero-order valence-corrected chi connectivity index (χ0v) is 15.3. The molecule has 1 aromatic carbocycles. The summed E-state index contributed by atoms with van der Waals surface area (Å²) < 4.78 is 0. The Morgan fingerprint density at radius 2 is 1.85 bits per heavy atom. The van der Waals surface area contributed by atoms with E-state index in [1.165, 1.54) is 18.4 Å². The van der Waals surface area contributed by atoms with Crippen LogP contribution in [0.2, 0.25) is 0 Å². The molecule has 0 aliphatic carbocycles. The molecule has 3 heterocycles. The molecule has 1 N–H and O–H groups in total. The molecule has 2 fully saturated rings. The topological polar surface area (TPSA) is 52.5 Å². The number of anilines is 1. The average molecular weight is 352 g/mol. The predicted octanol–water partition coefficient (Wildman–Crippen LogP) is 2.50. The monoisotopic (exact) mass is 352 g/mol. The van der Waals surface area contributed by atoms with Gasteiger partial charge in [0.25, 0.3) is 0 Å². The van der Waals surface area contributed by atoms with Crippen LogP contribution in [0.3, 0.4) is 0 Å². The SMILES string of the molecule is O[C@@H]1CCN(Cc2ccnc(N3CCCC3)n2)C[C@H]1Cc1ccccc1. The van der Waals surface area contributed by atoms with Gasteiger partial charge in [-0.3, -0.25) is 4.90 Å². The van der Waals surface area contributed by atoms with Crippen LogP contribution in [0.25, 0.3) is 0 Å². The quantitative estimate of drug-likeness (QED) is 0.896. The van der Waals surface area contributed by atoms with E-state index < -0.39 is 0 Å². The molecule has 0 spiro atoms. The number of hydrogen-bond acceptors (Lipinski definition) is 5. The van der Waals surface area contributed by atoms with Gasteiger partial charge in [-0.15, -0.1) is 0 Å². The third-order valence-electron chi connectivity index (χ3n) is 5.59. The Morgan fingerprint density at radius 3 is 2.65 bits per heavy atom. The normalized spacial score (nSPS) is 24.1. The van der Waals surface area contributed by atoms with Crippen molar-refractivity contribution in [3.05, 3.63) is 53.9 Å². The molecule has 1 aromatic heterocycles. The van der Waals surface area contributed by atoms with Gasteiger partial charge in [0, 0.05) is 44.8 Å². The summed E-state index contributed by atoms with van der Waals surface area (Å²) in [4.78, 5) is 13.9. The van der Waals surface area contributed by atoms with E-state index in [1.54, 1.807) is 0 Å². The van der Waals surface area contributed by atoms with Gasteiger partial charge in [-0.1, -0.05) is 30.3 Å². The number of aliphatic hydroxyl groups excluding tert-OH is 1. The number of rotatable bonds is 5. The molecule has 4 rings (SSSR count). The molecular weight excluding hydrogens is 324 g/mol. The zero-order chi connectivity index (χ0) is 17.8. The number of aromatic nitrogens is 2. The van der Waals surface area contributed by atoms with Crippen LogP contribution < -0.4 is 4.90 Å². The fraction of sp³-hybridized carbons (Fsp3) is 0.524. The Kier molecular flexibility index (Phi) is 5.46. The van der Waals surface area contributed by atoms with Crippen LogP contribution in [0.15, 0.2) is 42.6 Å². The van der Waals surface area contributed by atoms with E-state index in [0.29, 0.717) is 0 Å². The van der Waals surface area contributed by atoms with Gasteiger partial charge in [-0.25, -0.2) is 9.97 Å². The number of nitrogens with zero attached hydrogens (tertiary/aromatic N) is 4. The summed E-state index contributed by atoms with van der Waals surface area (Å²) in [7, 11) is 0. The van der Waals surface area contributed by atoms with E-state index in [9.17, 15) is 5.11 Å². The molecule has 0 radical (unpaired) electrons. The van der Waals surface area contributed by atoms with Crippen molar-refractivity contribution in [2.45, 2.75) is 38.3 Å². The maximum atomic E-state index is 10.4. The van der Waals surface area contributed by atoms with Crippen molar-refractivity contribution < 1.29 is 5.11 Å². The van der Waals surface area contributed by atoms with E-state index in [0.717, 1.165) is 57.2 Å². The Morgan fingerprint density at radius 1 is 1.04 bits per heavy atom. The first-order valence-corrected chi connectivity index (χ1v) is 9.79. The largest absolute Gasteiger partial charge is 0.393 e. The van der Waals surface area contributed by atoms with Crippen LogP contribution in [0.1, 0.15) is 30.5 Å². The first-order valence-electron chi connectivity index (χ1n) is 9.79. The van der Waals surface area contributed by atoms with Crippen LogP contribution >= 0.6 is 0 Å². The maximum absolute atomic E-state index is 10.4. The van der Waals surface area contributed by atoms with Gasteiger partial charge >= 0.3 is 0 Å². The van der Waals surface area contributed by atoms with Gasteiger partial charge in [0.2, 0.25) is 5.95 Å². The predicted molar refractivity (Wildman–Crippen MR) is 103 cm³/mol. The fourth-order valence-electron chi connectivity index (χ4n) is 4.13. The molecule has 0 amide bonds. The first kappa shape index (κ1) is 17.4. The standard InChI is InChI=1S/C21H28N4O/c26-20-9-13-24(15-18(20)14-17-6-2-1-3-7-17)16-19-8-10-22-21(23-19)25-11-4-5-12-25/h1-3,6-8,10,18,20,26H,4-5,9,11-16H2/t18-,20-/m1/s1. The second-order valence-corrected chi connectivity index (χ2v) is 7.58. The van der Waals surface area contributed by atoms with E-state index in [1.807, 2.05) is 18.3 Å². The Hall–Kier alpha value is -1.98. The molecule has 138 valence electrons. The van der Waals surface area contributed by atoms with Gasteiger partial charge < -0.3 is 10.0 Å². The summed E-state index contributed by atoms with van der Waals surface area (Å²) in [5, 5.41) is 10.4. The van der Waals surface area contributed by atoms with Gasteiger partial charge in [-0.2, -0.15) is 0 Å². The van der Waals surface area contributed by atoms with Gasteiger partial charge in [0.1, 0.15) is 0 Å². The van der Waals surface area contributed by atoms with Crippen molar-refractivity contribution in [3.63, 3.8) is 0 Å². The molecule has 2 aliphatic heterocycles. The highest BCUT2D eigenvalue weighted by molar-refractivity contribution is 5.31. The van der Waals surface area contributed by atoms with Gasteiger partial charge in [-0.05, 0) is 37.3 Å². The van der Waals surface area contributed by atoms with Gasteiger partial charge in [0.05, 0.1) is 11.8 Å². The van der Waals surface area contributed by atoms with E-state index in [2.05, 4.69) is 39.0 Å². The van der Waals surface area contributed by atoms with Crippen molar-refractivity contribution in [1.29, 1.82) is 0 Å². The van der Waals surface area contributed by atoms with Crippen molar-refractivity contribution in [1.82, 2.24) is 14.9 Å². The molecule has 2 saturated heterocycles. The van der Waals surface area contributed by atoms with E-state index >= 15 is 0 Å². The molecule has 2 atom stereocenters. The lowest BCUT2D eigenvalue weighted by atomic mass is 9.88. The summed E-state index contributed by atoms with van der Waals surface area (Å²) in [6.07, 6.45) is 5.91. The smallest absolute Gasteiger partial charge is 0.225 e. The minimum Gasteiger partial charge on any atom is -0.393 e. The van der Waals surface area contributed by atoms with E-state index in [4.69, 9.17) is 4.98 Å². The van der Waals surface area contributed by atoms with Crippen molar-refractivity contribution >= 4 is 5.95 Å². The molecule has 5 heteroatoms. The minimum absolute atomic E-state index is 0.211. The van der Waals surface area contributed by atoms with Crippen molar-refractivity contribution in [2.75, 3.05) is 31.1 Å². The van der Waals surface area contributed by atoms with Crippen LogP contribution in [-0.4, -0.2) is 52.3 Å². The second kappa shape index (κ2) is 8.14. The lowest BCUT2D eigenvalue weighted by molar-refractivity contribution is 0.0235. The lowest BCUT2D eigenvalue weighted by Gasteiger charge is -2.36. The molecule has 5 nitrogen and oxygen atoms in total. The Balaban J connectivity index is 1.39. The first-order chi connectivity index (χ1) is 12.8. The molecular formula is C21H28N4O. The highest BCUT2D eigenvalue weighted by atomic mass is 16.3. The Bertz CT molecular complexity index is 702. The molecule has 0 unspecified atom stereocenters. The van der Waals surface area contributed by atoms with Gasteiger partial charge in [0.15, 0.2) is 0 Å². The summed E-state index contributed by atoms with van der Waals surface area (Å²) in [6.45, 7) is 4.81. The summed E-state index contributed by atoms with van der Waals surface area (Å²) in [5.41, 5.74) is 2.38. The van der Waals surface area contributed by atoms with Crippen molar-refractivity contribution in [2.24, 2.45) is 5.92 Å². The van der Waals surface area contributed by atoms with Crippen LogP contribution in [-0.2, 0) is 13.0 Å². The second-order valence-electron chi connectivity index (χ2n) is 7.58. The molecule has 0 bridgehead atoms. The number of likely N-dealkylation sites (tertiary alicyclic amines) is 1. The van der Waals surface area contributed by atoms with Crippen LogP contribution in [0, 0.1) is 5.92 Å². The highest BCUT2D eigenvalue weighted by Gasteiger charge is 2.28. The summed E-state index contributed by atoms with van der Waals surface area (Å²) in [6, 6.07) is 12.5. The number of piperidine rings is 1. The van der Waals surface area contributed by atoms with Crippen LogP contribution in [0.5, 0.6) is 0 Å². The molecule has 0 saturated carbocycles. The fourth-order valence-corrected chi connectivity index (χ4v) is 4.13. The lowest BCUT2D eigenvalue weighted by Crippen LogP contribution is -2.43. The summed E-state index contributed by atoms with van der Waals surface area (Å²) in [5.74, 6) is 1.16.